The van der Waals surface area contributed by atoms with Crippen molar-refractivity contribution < 1.29 is 18.7 Å². The van der Waals surface area contributed by atoms with Gasteiger partial charge in [0.2, 0.25) is 0 Å². The van der Waals surface area contributed by atoms with Gasteiger partial charge in [-0.1, -0.05) is 23.7 Å². The van der Waals surface area contributed by atoms with Crippen molar-refractivity contribution in [3.63, 3.8) is 0 Å². The molecule has 0 bridgehead atoms. The van der Waals surface area contributed by atoms with Crippen LogP contribution in [0.5, 0.6) is 0 Å². The lowest BCUT2D eigenvalue weighted by atomic mass is 9.86. The molecule has 1 aliphatic heterocycles. The Morgan fingerprint density at radius 3 is 2.62 bits per heavy atom. The minimum Gasteiger partial charge on any atom is -0.444 e. The molecule has 3 rings (SSSR count). The van der Waals surface area contributed by atoms with Crippen LogP contribution in [0.1, 0.15) is 56.5 Å². The van der Waals surface area contributed by atoms with E-state index in [1.165, 1.54) is 12.1 Å². The molecule has 0 saturated carbocycles. The first-order valence-corrected chi connectivity index (χ1v) is 11.2. The Hall–Kier alpha value is -2.60. The van der Waals surface area contributed by atoms with Gasteiger partial charge in [-0.15, -0.1) is 0 Å². The fourth-order valence-electron chi connectivity index (χ4n) is 4.03. The van der Waals surface area contributed by atoms with Crippen LogP contribution in [0.4, 0.5) is 14.9 Å². The number of nitrogens with zero attached hydrogens (tertiary/aromatic N) is 1. The average Bonchev–Trinajstić information content (AvgIpc) is 2.66. The lowest BCUT2D eigenvalue weighted by Gasteiger charge is -2.38. The molecule has 0 spiro atoms. The van der Waals surface area contributed by atoms with Crippen LogP contribution in [-0.4, -0.2) is 35.1 Å². The summed E-state index contributed by atoms with van der Waals surface area (Å²) in [5.41, 5.74) is 1.49. The molecule has 7 heteroatoms. The molecule has 0 aliphatic carbocycles. The first-order chi connectivity index (χ1) is 15.0. The number of nitrogens with one attached hydrogen (secondary N) is 1. The van der Waals surface area contributed by atoms with E-state index in [1.807, 2.05) is 49.9 Å². The highest BCUT2D eigenvalue weighted by atomic mass is 35.5. The highest BCUT2D eigenvalue weighted by Crippen LogP contribution is 2.28. The van der Waals surface area contributed by atoms with Crippen LogP contribution in [0.2, 0.25) is 5.02 Å². The van der Waals surface area contributed by atoms with Gasteiger partial charge in [0.15, 0.2) is 0 Å². The summed E-state index contributed by atoms with van der Waals surface area (Å²) in [6.45, 7) is 8.34. The lowest BCUT2D eigenvalue weighted by Crippen LogP contribution is -2.47. The summed E-state index contributed by atoms with van der Waals surface area (Å²) in [7, 11) is 0. The number of ether oxygens (including phenoxy) is 1. The maximum absolute atomic E-state index is 13.2. The van der Waals surface area contributed by atoms with E-state index in [9.17, 15) is 14.0 Å². The highest BCUT2D eigenvalue weighted by Gasteiger charge is 2.31. The smallest absolute Gasteiger partial charge is 0.410 e. The van der Waals surface area contributed by atoms with Gasteiger partial charge in [-0.2, -0.15) is 0 Å². The fourth-order valence-corrected chi connectivity index (χ4v) is 4.28. The number of likely N-dealkylation sites (tertiary alicyclic amines) is 1. The molecule has 2 atom stereocenters. The van der Waals surface area contributed by atoms with Gasteiger partial charge in [-0.05, 0) is 88.8 Å². The standard InChI is InChI=1S/C25H30ClFN2O3/c1-16-12-18(10-11-29(16)24(31)32-25(2,3)4)13-17-6-5-7-20(14-17)28-23(30)21-9-8-19(27)15-22(21)26/h5-9,14-16,18H,10-13H2,1-4H3,(H,28,30)/t16-,18-/m1/s1. The minimum atomic E-state index is -0.503. The van der Waals surface area contributed by atoms with E-state index in [0.717, 1.165) is 30.9 Å². The van der Waals surface area contributed by atoms with Crippen LogP contribution in [0.15, 0.2) is 42.5 Å². The molecule has 0 radical (unpaired) electrons. The second-order valence-corrected chi connectivity index (χ2v) is 9.80. The van der Waals surface area contributed by atoms with Gasteiger partial charge < -0.3 is 15.0 Å². The van der Waals surface area contributed by atoms with Crippen molar-refractivity contribution in [2.75, 3.05) is 11.9 Å². The number of carbonyl (C=O) groups excluding carboxylic acids is 2. The summed E-state index contributed by atoms with van der Waals surface area (Å²) >= 11 is 6.00. The molecular weight excluding hydrogens is 431 g/mol. The molecule has 1 saturated heterocycles. The predicted octanol–water partition coefficient (Wildman–Crippen LogP) is 6.31. The lowest BCUT2D eigenvalue weighted by molar-refractivity contribution is 0.00718. The van der Waals surface area contributed by atoms with Gasteiger partial charge in [-0.25, -0.2) is 9.18 Å². The number of rotatable bonds is 4. The molecule has 32 heavy (non-hydrogen) atoms. The van der Waals surface area contributed by atoms with Gasteiger partial charge in [-0.3, -0.25) is 4.79 Å². The largest absolute Gasteiger partial charge is 0.444 e. The third-order valence-corrected chi connectivity index (χ3v) is 5.81. The van der Waals surface area contributed by atoms with E-state index in [0.29, 0.717) is 18.2 Å². The molecule has 0 unspecified atom stereocenters. The third-order valence-electron chi connectivity index (χ3n) is 5.50. The van der Waals surface area contributed by atoms with E-state index in [-0.39, 0.29) is 28.6 Å². The average molecular weight is 461 g/mol. The number of benzene rings is 2. The van der Waals surface area contributed by atoms with Crippen LogP contribution >= 0.6 is 11.6 Å². The number of carbonyl (C=O) groups is 2. The second kappa shape index (κ2) is 9.90. The zero-order valence-corrected chi connectivity index (χ0v) is 19.7. The Balaban J connectivity index is 1.59. The molecule has 5 nitrogen and oxygen atoms in total. The van der Waals surface area contributed by atoms with Crippen molar-refractivity contribution in [1.29, 1.82) is 0 Å². The predicted molar refractivity (Wildman–Crippen MR) is 125 cm³/mol. The van der Waals surface area contributed by atoms with Crippen molar-refractivity contribution in [3.8, 4) is 0 Å². The van der Waals surface area contributed by atoms with E-state index in [1.54, 1.807) is 0 Å². The fraction of sp³-hybridized carbons (Fsp3) is 0.440. The first kappa shape index (κ1) is 24.1. The Morgan fingerprint density at radius 2 is 1.97 bits per heavy atom. The van der Waals surface area contributed by atoms with Crippen molar-refractivity contribution >= 4 is 29.3 Å². The van der Waals surface area contributed by atoms with Gasteiger partial charge >= 0.3 is 6.09 Å². The molecule has 1 heterocycles. The van der Waals surface area contributed by atoms with Crippen LogP contribution in [-0.2, 0) is 11.2 Å². The van der Waals surface area contributed by atoms with E-state index in [4.69, 9.17) is 16.3 Å². The molecule has 2 aromatic carbocycles. The monoisotopic (exact) mass is 460 g/mol. The SMILES string of the molecule is C[C@@H]1C[C@H](Cc2cccc(NC(=O)c3ccc(F)cc3Cl)c2)CCN1C(=O)OC(C)(C)C. The topological polar surface area (TPSA) is 58.6 Å². The van der Waals surface area contributed by atoms with Gasteiger partial charge in [0, 0.05) is 18.3 Å². The molecule has 0 aromatic heterocycles. The van der Waals surface area contributed by atoms with E-state index >= 15 is 0 Å². The maximum atomic E-state index is 13.2. The number of hydrogen-bond donors (Lipinski definition) is 1. The third kappa shape index (κ3) is 6.45. The highest BCUT2D eigenvalue weighted by molar-refractivity contribution is 6.34. The van der Waals surface area contributed by atoms with Crippen LogP contribution in [0.3, 0.4) is 0 Å². The zero-order valence-electron chi connectivity index (χ0n) is 19.0. The second-order valence-electron chi connectivity index (χ2n) is 9.40. The Bertz CT molecular complexity index is 989. The van der Waals surface area contributed by atoms with E-state index in [2.05, 4.69) is 12.2 Å². The quantitative estimate of drug-likeness (QED) is 0.581. The molecule has 172 valence electrons. The molecule has 2 amide bonds. The van der Waals surface area contributed by atoms with Crippen LogP contribution in [0.25, 0.3) is 0 Å². The first-order valence-electron chi connectivity index (χ1n) is 10.9. The van der Waals surface area contributed by atoms with Crippen molar-refractivity contribution in [1.82, 2.24) is 4.90 Å². The van der Waals surface area contributed by atoms with Crippen molar-refractivity contribution in [2.45, 2.75) is 58.6 Å². The summed E-state index contributed by atoms with van der Waals surface area (Å²) in [6.07, 6.45) is 2.38. The van der Waals surface area contributed by atoms with Crippen LogP contribution in [0, 0.1) is 11.7 Å². The molecular formula is C25H30ClFN2O3. The molecule has 1 N–H and O–H groups in total. The summed E-state index contributed by atoms with van der Waals surface area (Å²) in [6, 6.07) is 11.5. The van der Waals surface area contributed by atoms with Gasteiger partial charge in [0.05, 0.1) is 10.6 Å². The Morgan fingerprint density at radius 1 is 1.22 bits per heavy atom. The summed E-state index contributed by atoms with van der Waals surface area (Å²) in [5, 5.41) is 2.91. The Labute approximate surface area is 193 Å². The Kier molecular flexibility index (Phi) is 7.44. The summed E-state index contributed by atoms with van der Waals surface area (Å²) in [4.78, 5) is 26.8. The number of amides is 2. The van der Waals surface area contributed by atoms with E-state index < -0.39 is 11.4 Å². The summed E-state index contributed by atoms with van der Waals surface area (Å²) in [5.74, 6) is -0.437. The number of piperidine rings is 1. The molecule has 2 aromatic rings. The van der Waals surface area contributed by atoms with Crippen molar-refractivity contribution in [3.05, 3.63) is 64.4 Å². The minimum absolute atomic E-state index is 0.0735. The molecule has 1 aliphatic rings. The van der Waals surface area contributed by atoms with Crippen molar-refractivity contribution in [2.24, 2.45) is 5.92 Å². The maximum Gasteiger partial charge on any atom is 0.410 e. The van der Waals surface area contributed by atoms with Crippen LogP contribution < -0.4 is 5.32 Å². The number of hydrogen-bond acceptors (Lipinski definition) is 3. The number of halogens is 2. The zero-order chi connectivity index (χ0) is 23.5. The number of anilines is 1. The summed E-state index contributed by atoms with van der Waals surface area (Å²) < 4.78 is 18.8. The van der Waals surface area contributed by atoms with Gasteiger partial charge in [0.1, 0.15) is 11.4 Å². The molecule has 1 fully saturated rings. The van der Waals surface area contributed by atoms with Gasteiger partial charge in [0.25, 0.3) is 5.91 Å². The normalized spacial score (nSPS) is 18.9.